The van der Waals surface area contributed by atoms with Gasteiger partial charge in [0.2, 0.25) is 5.91 Å². The van der Waals surface area contributed by atoms with Gasteiger partial charge in [0, 0.05) is 11.1 Å². The molecule has 0 bridgehead atoms. The second kappa shape index (κ2) is 5.19. The van der Waals surface area contributed by atoms with Crippen molar-refractivity contribution >= 4 is 34.8 Å². The van der Waals surface area contributed by atoms with Gasteiger partial charge in [-0.2, -0.15) is 0 Å². The van der Waals surface area contributed by atoms with E-state index in [1.54, 1.807) is 6.92 Å². The summed E-state index contributed by atoms with van der Waals surface area (Å²) in [5.41, 5.74) is 9.20. The van der Waals surface area contributed by atoms with Crippen molar-refractivity contribution in [2.45, 2.75) is 25.8 Å². The average Bonchev–Trinajstić information content (AvgIpc) is 2.77. The molecule has 1 amide bonds. The summed E-state index contributed by atoms with van der Waals surface area (Å²) in [7, 11) is 0. The van der Waals surface area contributed by atoms with Gasteiger partial charge in [-0.3, -0.25) is 4.79 Å². The molecule has 0 radical (unpaired) electrons. The molecule has 2 aromatic rings. The summed E-state index contributed by atoms with van der Waals surface area (Å²) in [5, 5.41) is 5.33. The molecule has 2 aromatic carbocycles. The Bertz CT molecular complexity index is 627. The predicted octanol–water partition coefficient (Wildman–Crippen LogP) is 2.65. The largest absolute Gasteiger partial charge is 0.324 e. The van der Waals surface area contributed by atoms with Gasteiger partial charge in [0.05, 0.1) is 6.04 Å². The molecule has 0 aliphatic heterocycles. The van der Waals surface area contributed by atoms with Crippen LogP contribution in [-0.4, -0.2) is 11.9 Å². The number of halogens is 1. The van der Waals surface area contributed by atoms with Crippen LogP contribution in [-0.2, 0) is 17.6 Å². The van der Waals surface area contributed by atoms with Gasteiger partial charge in [-0.05, 0) is 42.3 Å². The molecule has 3 N–H and O–H groups in total. The van der Waals surface area contributed by atoms with E-state index in [0.29, 0.717) is 0 Å². The number of amides is 1. The molecular formula is C15H17ClN2O. The Kier molecular flexibility index (Phi) is 3.78. The zero-order valence-electron chi connectivity index (χ0n) is 10.8. The van der Waals surface area contributed by atoms with Crippen molar-refractivity contribution in [2.24, 2.45) is 5.73 Å². The Balaban J connectivity index is 0.00000133. The van der Waals surface area contributed by atoms with Crippen molar-refractivity contribution in [3.8, 4) is 0 Å². The Labute approximate surface area is 118 Å². The molecule has 1 aliphatic rings. The number of carbonyl (C=O) groups excluding carboxylic acids is 1. The third kappa shape index (κ3) is 2.31. The predicted molar refractivity (Wildman–Crippen MR) is 80.9 cm³/mol. The number of hydrogen-bond acceptors (Lipinski definition) is 2. The lowest BCUT2D eigenvalue weighted by Crippen LogP contribution is -2.32. The fourth-order valence-corrected chi connectivity index (χ4v) is 2.60. The van der Waals surface area contributed by atoms with Gasteiger partial charge >= 0.3 is 0 Å². The Morgan fingerprint density at radius 3 is 2.58 bits per heavy atom. The quantitative estimate of drug-likeness (QED) is 0.886. The maximum Gasteiger partial charge on any atom is 0.241 e. The maximum absolute atomic E-state index is 11.7. The number of hydrogen-bond donors (Lipinski definition) is 2. The van der Waals surface area contributed by atoms with Crippen LogP contribution in [0.2, 0.25) is 0 Å². The highest BCUT2D eigenvalue weighted by molar-refractivity contribution is 6.06. The number of nitrogens with one attached hydrogen (secondary N) is 1. The van der Waals surface area contributed by atoms with E-state index < -0.39 is 6.04 Å². The highest BCUT2D eigenvalue weighted by Gasteiger charge is 2.17. The third-order valence-electron chi connectivity index (χ3n) is 3.55. The molecule has 0 spiro atoms. The summed E-state index contributed by atoms with van der Waals surface area (Å²) in [4.78, 5) is 11.7. The van der Waals surface area contributed by atoms with Crippen molar-refractivity contribution in [1.29, 1.82) is 0 Å². The lowest BCUT2D eigenvalue weighted by Gasteiger charge is -2.12. The van der Waals surface area contributed by atoms with E-state index in [4.69, 9.17) is 5.73 Å². The van der Waals surface area contributed by atoms with Crippen molar-refractivity contribution in [3.05, 3.63) is 41.5 Å². The number of nitrogens with two attached hydrogens (primary N) is 1. The van der Waals surface area contributed by atoms with E-state index in [-0.39, 0.29) is 18.3 Å². The highest BCUT2D eigenvalue weighted by atomic mass is 35.5. The molecule has 0 heterocycles. The first-order valence-electron chi connectivity index (χ1n) is 6.27. The minimum absolute atomic E-state index is 0. The molecule has 3 rings (SSSR count). The number of anilines is 1. The molecule has 0 aromatic heterocycles. The van der Waals surface area contributed by atoms with Crippen molar-refractivity contribution in [1.82, 2.24) is 0 Å². The van der Waals surface area contributed by atoms with Gasteiger partial charge in [-0.15, -0.1) is 12.4 Å². The number of rotatable bonds is 2. The van der Waals surface area contributed by atoms with Crippen molar-refractivity contribution < 1.29 is 4.79 Å². The molecular weight excluding hydrogens is 260 g/mol. The minimum Gasteiger partial charge on any atom is -0.324 e. The average molecular weight is 277 g/mol. The molecule has 0 saturated heterocycles. The summed E-state index contributed by atoms with van der Waals surface area (Å²) in [6.45, 7) is 1.69. The number of aryl methyl sites for hydroxylation is 2. The monoisotopic (exact) mass is 276 g/mol. The smallest absolute Gasteiger partial charge is 0.241 e. The van der Waals surface area contributed by atoms with Crippen LogP contribution in [0.4, 0.5) is 5.69 Å². The van der Waals surface area contributed by atoms with Gasteiger partial charge in [-0.25, -0.2) is 0 Å². The Hall–Kier alpha value is -1.58. The standard InChI is InChI=1S/C15H16N2O.ClH/c1-9(16)15(18)17-13-8-7-11-6-5-10-3-2-4-12(13)14(10)11;/h2-4,7-9H,5-6,16H2,1H3,(H,17,18);1H/t9-;/m0./s1. The van der Waals surface area contributed by atoms with E-state index in [9.17, 15) is 4.79 Å². The fourth-order valence-electron chi connectivity index (χ4n) is 2.60. The Morgan fingerprint density at radius 1 is 1.21 bits per heavy atom. The van der Waals surface area contributed by atoms with Gasteiger partial charge < -0.3 is 11.1 Å². The fraction of sp³-hybridized carbons (Fsp3) is 0.267. The summed E-state index contributed by atoms with van der Waals surface area (Å²) in [5.74, 6) is -0.145. The molecule has 1 aliphatic carbocycles. The molecule has 0 saturated carbocycles. The third-order valence-corrected chi connectivity index (χ3v) is 3.55. The topological polar surface area (TPSA) is 55.1 Å². The second-order valence-electron chi connectivity index (χ2n) is 4.89. The molecule has 3 nitrogen and oxygen atoms in total. The van der Waals surface area contributed by atoms with E-state index in [1.807, 2.05) is 12.1 Å². The molecule has 4 heteroatoms. The van der Waals surface area contributed by atoms with Gasteiger partial charge in [0.25, 0.3) is 0 Å². The zero-order chi connectivity index (χ0) is 12.7. The first-order chi connectivity index (χ1) is 8.66. The lowest BCUT2D eigenvalue weighted by molar-refractivity contribution is -0.117. The van der Waals surface area contributed by atoms with Gasteiger partial charge in [0.1, 0.15) is 0 Å². The van der Waals surface area contributed by atoms with E-state index >= 15 is 0 Å². The van der Waals surface area contributed by atoms with Gasteiger partial charge in [0.15, 0.2) is 0 Å². The molecule has 1 atom stereocenters. The summed E-state index contributed by atoms with van der Waals surface area (Å²) in [6, 6.07) is 9.87. The maximum atomic E-state index is 11.7. The number of benzene rings is 2. The van der Waals surface area contributed by atoms with Crippen LogP contribution in [0.15, 0.2) is 30.3 Å². The van der Waals surface area contributed by atoms with Crippen molar-refractivity contribution in [3.63, 3.8) is 0 Å². The second-order valence-corrected chi connectivity index (χ2v) is 4.89. The van der Waals surface area contributed by atoms with E-state index in [1.165, 1.54) is 16.5 Å². The Morgan fingerprint density at radius 2 is 1.89 bits per heavy atom. The van der Waals surface area contributed by atoms with Crippen LogP contribution < -0.4 is 11.1 Å². The summed E-state index contributed by atoms with van der Waals surface area (Å²) in [6.07, 6.45) is 2.19. The normalized spacial score (nSPS) is 14.0. The van der Waals surface area contributed by atoms with Crippen LogP contribution in [0.3, 0.4) is 0 Å². The van der Waals surface area contributed by atoms with Gasteiger partial charge in [-0.1, -0.05) is 24.3 Å². The highest BCUT2D eigenvalue weighted by Crippen LogP contribution is 2.34. The SMILES string of the molecule is C[C@H](N)C(=O)Nc1ccc2c3c(cccc13)CC2.Cl. The summed E-state index contributed by atoms with van der Waals surface area (Å²) >= 11 is 0. The summed E-state index contributed by atoms with van der Waals surface area (Å²) < 4.78 is 0. The first kappa shape index (κ1) is 13.8. The van der Waals surface area contributed by atoms with E-state index in [2.05, 4.69) is 23.5 Å². The molecule has 100 valence electrons. The molecule has 0 unspecified atom stereocenters. The van der Waals surface area contributed by atoms with E-state index in [0.717, 1.165) is 23.9 Å². The van der Waals surface area contributed by atoms with Crippen LogP contribution >= 0.6 is 12.4 Å². The molecule has 19 heavy (non-hydrogen) atoms. The van der Waals surface area contributed by atoms with Crippen LogP contribution in [0.25, 0.3) is 10.8 Å². The van der Waals surface area contributed by atoms with Crippen LogP contribution in [0.1, 0.15) is 18.1 Å². The number of carbonyl (C=O) groups is 1. The van der Waals surface area contributed by atoms with Crippen LogP contribution in [0, 0.1) is 0 Å². The minimum atomic E-state index is -0.493. The van der Waals surface area contributed by atoms with Crippen LogP contribution in [0.5, 0.6) is 0 Å². The first-order valence-corrected chi connectivity index (χ1v) is 6.27. The molecule has 0 fully saturated rings. The lowest BCUT2D eigenvalue weighted by atomic mass is 10.0. The zero-order valence-corrected chi connectivity index (χ0v) is 11.6. The van der Waals surface area contributed by atoms with Crippen molar-refractivity contribution in [2.75, 3.05) is 5.32 Å².